The van der Waals surface area contributed by atoms with E-state index in [1.54, 1.807) is 6.92 Å². The molecule has 0 saturated carbocycles. The van der Waals surface area contributed by atoms with Gasteiger partial charge in [0, 0.05) is 18.7 Å². The summed E-state index contributed by atoms with van der Waals surface area (Å²) in [6, 6.07) is 11.4. The van der Waals surface area contributed by atoms with Crippen LogP contribution in [0.25, 0.3) is 0 Å². The van der Waals surface area contributed by atoms with Crippen LogP contribution in [0.1, 0.15) is 24.5 Å². The van der Waals surface area contributed by atoms with E-state index in [-0.39, 0.29) is 17.1 Å². The predicted molar refractivity (Wildman–Crippen MR) is 99.0 cm³/mol. The third-order valence-corrected chi connectivity index (χ3v) is 5.46. The van der Waals surface area contributed by atoms with Gasteiger partial charge in [-0.25, -0.2) is 13.1 Å². The SMILES string of the molecule is CCOc1ccccc1CCCNS(=O)(=O)c1cc([N+](=O)[O-])ccc1C. The number of nitro benzene ring substituents is 1. The lowest BCUT2D eigenvalue weighted by Crippen LogP contribution is -2.26. The average molecular weight is 378 g/mol. The summed E-state index contributed by atoms with van der Waals surface area (Å²) in [4.78, 5) is 10.2. The van der Waals surface area contributed by atoms with Gasteiger partial charge in [0.25, 0.3) is 5.69 Å². The summed E-state index contributed by atoms with van der Waals surface area (Å²) in [6.45, 7) is 4.31. The maximum Gasteiger partial charge on any atom is 0.270 e. The number of non-ortho nitro benzene ring substituents is 1. The summed E-state index contributed by atoms with van der Waals surface area (Å²) in [6.07, 6.45) is 1.24. The molecule has 0 aliphatic rings. The standard InChI is InChI=1S/C18H22N2O5S/c1-3-25-17-9-5-4-7-15(17)8-6-12-19-26(23,24)18-13-16(20(21)22)11-10-14(18)2/h4-5,7,9-11,13,19H,3,6,8,12H2,1-2H3. The molecule has 2 aromatic rings. The maximum atomic E-state index is 12.5. The Bertz CT molecular complexity index is 881. The second-order valence-corrected chi connectivity index (χ2v) is 7.48. The maximum absolute atomic E-state index is 12.5. The number of sulfonamides is 1. The van der Waals surface area contributed by atoms with Crippen molar-refractivity contribution >= 4 is 15.7 Å². The predicted octanol–water partition coefficient (Wildman–Crippen LogP) is 3.21. The highest BCUT2D eigenvalue weighted by Crippen LogP contribution is 2.22. The van der Waals surface area contributed by atoms with Crippen LogP contribution in [0.3, 0.4) is 0 Å². The van der Waals surface area contributed by atoms with Crippen molar-refractivity contribution < 1.29 is 18.1 Å². The normalized spacial score (nSPS) is 11.3. The Balaban J connectivity index is 2.01. The highest BCUT2D eigenvalue weighted by Gasteiger charge is 2.20. The van der Waals surface area contributed by atoms with E-state index in [1.807, 2.05) is 31.2 Å². The first-order valence-electron chi connectivity index (χ1n) is 8.30. The van der Waals surface area contributed by atoms with Gasteiger partial charge >= 0.3 is 0 Å². The molecule has 0 atom stereocenters. The van der Waals surface area contributed by atoms with Crippen molar-refractivity contribution in [2.24, 2.45) is 0 Å². The highest BCUT2D eigenvalue weighted by atomic mass is 32.2. The zero-order valence-electron chi connectivity index (χ0n) is 14.8. The molecule has 0 aliphatic heterocycles. The summed E-state index contributed by atoms with van der Waals surface area (Å²) in [7, 11) is -3.81. The monoisotopic (exact) mass is 378 g/mol. The molecule has 2 aromatic carbocycles. The van der Waals surface area contributed by atoms with E-state index in [9.17, 15) is 18.5 Å². The lowest BCUT2D eigenvalue weighted by Gasteiger charge is -2.11. The van der Waals surface area contributed by atoms with E-state index in [0.29, 0.717) is 25.0 Å². The van der Waals surface area contributed by atoms with Crippen LogP contribution in [0, 0.1) is 17.0 Å². The van der Waals surface area contributed by atoms with E-state index in [1.165, 1.54) is 12.1 Å². The van der Waals surface area contributed by atoms with Crippen molar-refractivity contribution in [2.45, 2.75) is 31.6 Å². The average Bonchev–Trinajstić information content (AvgIpc) is 2.60. The van der Waals surface area contributed by atoms with Crippen molar-refractivity contribution in [3.05, 3.63) is 63.7 Å². The van der Waals surface area contributed by atoms with Crippen LogP contribution in [-0.4, -0.2) is 26.5 Å². The Labute approximate surface area is 153 Å². The van der Waals surface area contributed by atoms with Crippen LogP contribution in [0.2, 0.25) is 0 Å². The summed E-state index contributed by atoms with van der Waals surface area (Å²) in [5, 5.41) is 10.9. The van der Waals surface area contributed by atoms with E-state index < -0.39 is 14.9 Å². The van der Waals surface area contributed by atoms with Crippen LogP contribution < -0.4 is 9.46 Å². The molecule has 0 unspecified atom stereocenters. The molecule has 0 aliphatic carbocycles. The molecule has 2 rings (SSSR count). The summed E-state index contributed by atoms with van der Waals surface area (Å²) in [5.41, 5.74) is 1.23. The van der Waals surface area contributed by atoms with E-state index in [2.05, 4.69) is 4.72 Å². The third-order valence-electron chi connectivity index (χ3n) is 3.86. The second-order valence-electron chi connectivity index (χ2n) is 5.75. The van der Waals surface area contributed by atoms with Crippen molar-refractivity contribution in [1.82, 2.24) is 4.72 Å². The van der Waals surface area contributed by atoms with Gasteiger partial charge in [0.1, 0.15) is 5.75 Å². The topological polar surface area (TPSA) is 98.5 Å². The first-order valence-corrected chi connectivity index (χ1v) is 9.79. The lowest BCUT2D eigenvalue weighted by atomic mass is 10.1. The minimum absolute atomic E-state index is 0.0681. The number of nitro groups is 1. The number of rotatable bonds is 9. The van der Waals surface area contributed by atoms with Crippen LogP contribution in [0.5, 0.6) is 5.75 Å². The molecular weight excluding hydrogens is 356 g/mol. The Hall–Kier alpha value is -2.45. The first kappa shape index (κ1) is 19.9. The van der Waals surface area contributed by atoms with Crippen LogP contribution in [0.4, 0.5) is 5.69 Å². The number of benzene rings is 2. The quantitative estimate of drug-likeness (QED) is 0.410. The van der Waals surface area contributed by atoms with Gasteiger partial charge in [-0.3, -0.25) is 10.1 Å². The Morgan fingerprint density at radius 2 is 1.92 bits per heavy atom. The van der Waals surface area contributed by atoms with E-state index in [0.717, 1.165) is 17.4 Å². The van der Waals surface area contributed by atoms with Gasteiger partial charge in [0.2, 0.25) is 10.0 Å². The van der Waals surface area contributed by atoms with Gasteiger partial charge in [-0.05, 0) is 43.9 Å². The van der Waals surface area contributed by atoms with Gasteiger partial charge in [-0.2, -0.15) is 0 Å². The fraction of sp³-hybridized carbons (Fsp3) is 0.333. The largest absolute Gasteiger partial charge is 0.494 e. The molecule has 8 heteroatoms. The molecule has 0 fully saturated rings. The Morgan fingerprint density at radius 1 is 1.19 bits per heavy atom. The van der Waals surface area contributed by atoms with Crippen molar-refractivity contribution in [3.8, 4) is 5.75 Å². The van der Waals surface area contributed by atoms with Crippen molar-refractivity contribution in [1.29, 1.82) is 0 Å². The number of hydrogen-bond donors (Lipinski definition) is 1. The zero-order valence-corrected chi connectivity index (χ0v) is 15.6. The van der Waals surface area contributed by atoms with Gasteiger partial charge in [0.15, 0.2) is 0 Å². The number of nitrogens with one attached hydrogen (secondary N) is 1. The zero-order chi connectivity index (χ0) is 19.2. The van der Waals surface area contributed by atoms with Gasteiger partial charge in [0.05, 0.1) is 16.4 Å². The number of nitrogens with zero attached hydrogens (tertiary/aromatic N) is 1. The molecule has 0 saturated heterocycles. The highest BCUT2D eigenvalue weighted by molar-refractivity contribution is 7.89. The molecule has 0 radical (unpaired) electrons. The Morgan fingerprint density at radius 3 is 2.62 bits per heavy atom. The van der Waals surface area contributed by atoms with Gasteiger partial charge < -0.3 is 4.74 Å². The Kier molecular flexibility index (Phi) is 6.70. The second kappa shape index (κ2) is 8.77. The van der Waals surface area contributed by atoms with Gasteiger partial charge in [-0.15, -0.1) is 0 Å². The molecule has 0 amide bonds. The molecule has 140 valence electrons. The number of aryl methyl sites for hydroxylation is 2. The number of ether oxygens (including phenoxy) is 1. The van der Waals surface area contributed by atoms with E-state index in [4.69, 9.17) is 4.74 Å². The third kappa shape index (κ3) is 5.03. The molecule has 7 nitrogen and oxygen atoms in total. The van der Waals surface area contributed by atoms with Crippen LogP contribution >= 0.6 is 0 Å². The summed E-state index contributed by atoms with van der Waals surface area (Å²) in [5.74, 6) is 0.799. The summed E-state index contributed by atoms with van der Waals surface area (Å²) >= 11 is 0. The van der Waals surface area contributed by atoms with Crippen molar-refractivity contribution in [3.63, 3.8) is 0 Å². The summed E-state index contributed by atoms with van der Waals surface area (Å²) < 4.78 is 33.0. The number of para-hydroxylation sites is 1. The fourth-order valence-electron chi connectivity index (χ4n) is 2.56. The molecule has 26 heavy (non-hydrogen) atoms. The molecule has 0 aromatic heterocycles. The smallest absolute Gasteiger partial charge is 0.270 e. The minimum Gasteiger partial charge on any atom is -0.494 e. The fourth-order valence-corrected chi connectivity index (χ4v) is 3.90. The van der Waals surface area contributed by atoms with Gasteiger partial charge in [-0.1, -0.05) is 24.3 Å². The lowest BCUT2D eigenvalue weighted by molar-refractivity contribution is -0.385. The molecule has 0 spiro atoms. The van der Waals surface area contributed by atoms with Crippen molar-refractivity contribution in [2.75, 3.05) is 13.2 Å². The number of hydrogen-bond acceptors (Lipinski definition) is 5. The molecule has 0 bridgehead atoms. The molecule has 0 heterocycles. The molecular formula is C18H22N2O5S. The minimum atomic E-state index is -3.81. The molecule has 1 N–H and O–H groups in total. The van der Waals surface area contributed by atoms with Crippen LogP contribution in [-0.2, 0) is 16.4 Å². The van der Waals surface area contributed by atoms with Crippen LogP contribution in [0.15, 0.2) is 47.4 Å². The first-order chi connectivity index (χ1) is 12.3. The van der Waals surface area contributed by atoms with E-state index >= 15 is 0 Å².